The van der Waals surface area contributed by atoms with Gasteiger partial charge in [-0.2, -0.15) is 0 Å². The third-order valence-electron chi connectivity index (χ3n) is 2.86. The fourth-order valence-corrected chi connectivity index (χ4v) is 1.72. The van der Waals surface area contributed by atoms with Crippen LogP contribution in [0.1, 0.15) is 20.8 Å². The van der Waals surface area contributed by atoms with E-state index in [2.05, 4.69) is 35.6 Å². The van der Waals surface area contributed by atoms with E-state index >= 15 is 0 Å². The molecule has 0 amide bonds. The van der Waals surface area contributed by atoms with Crippen molar-refractivity contribution in [3.05, 3.63) is 12.4 Å². The first-order valence-electron chi connectivity index (χ1n) is 4.82. The van der Waals surface area contributed by atoms with E-state index in [0.717, 1.165) is 19.0 Å². The van der Waals surface area contributed by atoms with Crippen molar-refractivity contribution in [3.8, 4) is 0 Å². The summed E-state index contributed by atoms with van der Waals surface area (Å²) in [5.41, 5.74) is 0.370. The summed E-state index contributed by atoms with van der Waals surface area (Å²) in [6.45, 7) is 9.01. The van der Waals surface area contributed by atoms with Gasteiger partial charge in [-0.05, 0) is 11.3 Å². The molecule has 0 spiro atoms. The number of fused-ring (bicyclic) bond motifs is 1. The maximum absolute atomic E-state index is 4.23. The second kappa shape index (κ2) is 2.76. The molecule has 1 aromatic heterocycles. The summed E-state index contributed by atoms with van der Waals surface area (Å²) in [4.78, 5) is 4.23. The molecule has 0 saturated heterocycles. The fourth-order valence-electron chi connectivity index (χ4n) is 1.72. The number of imidazole rings is 1. The van der Waals surface area contributed by atoms with Crippen molar-refractivity contribution in [2.75, 3.05) is 11.9 Å². The van der Waals surface area contributed by atoms with Crippen LogP contribution in [0.2, 0.25) is 0 Å². The van der Waals surface area contributed by atoms with Crippen LogP contribution in [0, 0.1) is 11.3 Å². The van der Waals surface area contributed by atoms with E-state index < -0.39 is 0 Å². The molecule has 0 aromatic carbocycles. The Bertz CT molecular complexity index is 295. The number of aromatic nitrogens is 2. The van der Waals surface area contributed by atoms with Crippen LogP contribution in [-0.2, 0) is 6.54 Å². The summed E-state index contributed by atoms with van der Waals surface area (Å²) in [6, 6.07) is 0. The zero-order valence-electron chi connectivity index (χ0n) is 8.54. The predicted molar refractivity (Wildman–Crippen MR) is 53.7 cm³/mol. The average molecular weight is 179 g/mol. The van der Waals surface area contributed by atoms with Gasteiger partial charge in [0, 0.05) is 25.5 Å². The van der Waals surface area contributed by atoms with Gasteiger partial charge in [0.1, 0.15) is 0 Å². The second-order valence-corrected chi connectivity index (χ2v) is 4.85. The minimum absolute atomic E-state index is 0.370. The molecule has 2 heterocycles. The quantitative estimate of drug-likeness (QED) is 0.660. The summed E-state index contributed by atoms with van der Waals surface area (Å²) in [6.07, 6.45) is 3.90. The van der Waals surface area contributed by atoms with E-state index in [1.54, 1.807) is 0 Å². The molecule has 1 atom stereocenters. The Morgan fingerprint density at radius 1 is 1.54 bits per heavy atom. The predicted octanol–water partition coefficient (Wildman–Crippen LogP) is 1.97. The molecule has 2 rings (SSSR count). The SMILES string of the molecule is CC(C)(C)C1CNc2nccn2C1. The van der Waals surface area contributed by atoms with E-state index in [4.69, 9.17) is 0 Å². The van der Waals surface area contributed by atoms with Crippen LogP contribution < -0.4 is 5.32 Å². The number of anilines is 1. The average Bonchev–Trinajstić information content (AvgIpc) is 2.47. The van der Waals surface area contributed by atoms with Gasteiger partial charge in [0.25, 0.3) is 0 Å². The first-order chi connectivity index (χ1) is 6.07. The van der Waals surface area contributed by atoms with Gasteiger partial charge < -0.3 is 9.88 Å². The highest BCUT2D eigenvalue weighted by atomic mass is 15.2. The fraction of sp³-hybridized carbons (Fsp3) is 0.700. The smallest absolute Gasteiger partial charge is 0.202 e. The van der Waals surface area contributed by atoms with Crippen molar-refractivity contribution in [3.63, 3.8) is 0 Å². The molecule has 13 heavy (non-hydrogen) atoms. The lowest BCUT2D eigenvalue weighted by atomic mass is 9.80. The molecular weight excluding hydrogens is 162 g/mol. The van der Waals surface area contributed by atoms with E-state index in [9.17, 15) is 0 Å². The molecule has 3 nitrogen and oxygen atoms in total. The largest absolute Gasteiger partial charge is 0.355 e. The summed E-state index contributed by atoms with van der Waals surface area (Å²) in [5.74, 6) is 1.70. The Kier molecular flexibility index (Phi) is 1.82. The molecule has 1 N–H and O–H groups in total. The van der Waals surface area contributed by atoms with Gasteiger partial charge in [-0.1, -0.05) is 20.8 Å². The summed E-state index contributed by atoms with van der Waals surface area (Å²) in [7, 11) is 0. The summed E-state index contributed by atoms with van der Waals surface area (Å²) in [5, 5.41) is 3.35. The molecule has 1 aliphatic rings. The lowest BCUT2D eigenvalue weighted by Gasteiger charge is -2.34. The minimum Gasteiger partial charge on any atom is -0.355 e. The van der Waals surface area contributed by atoms with Crippen LogP contribution in [-0.4, -0.2) is 16.1 Å². The molecule has 0 radical (unpaired) electrons. The second-order valence-electron chi connectivity index (χ2n) is 4.85. The molecule has 0 saturated carbocycles. The highest BCUT2D eigenvalue weighted by Gasteiger charge is 2.28. The number of nitrogens with one attached hydrogen (secondary N) is 1. The van der Waals surface area contributed by atoms with E-state index in [1.807, 2.05) is 12.4 Å². The Labute approximate surface area is 79.2 Å². The molecule has 3 heteroatoms. The standard InChI is InChI=1S/C10H17N3/c1-10(2,3)8-6-12-9-11-4-5-13(9)7-8/h4-5,8H,6-7H2,1-3H3,(H,11,12). The van der Waals surface area contributed by atoms with E-state index in [1.165, 1.54) is 0 Å². The molecule has 1 unspecified atom stereocenters. The third-order valence-corrected chi connectivity index (χ3v) is 2.86. The number of nitrogens with zero attached hydrogens (tertiary/aromatic N) is 2. The van der Waals surface area contributed by atoms with Crippen molar-refractivity contribution >= 4 is 5.95 Å². The zero-order chi connectivity index (χ0) is 9.47. The van der Waals surface area contributed by atoms with E-state index in [0.29, 0.717) is 11.3 Å². The van der Waals surface area contributed by atoms with Gasteiger partial charge in [-0.3, -0.25) is 0 Å². The molecular formula is C10H17N3. The van der Waals surface area contributed by atoms with Crippen molar-refractivity contribution in [1.29, 1.82) is 0 Å². The topological polar surface area (TPSA) is 29.9 Å². The number of hydrogen-bond donors (Lipinski definition) is 1. The third kappa shape index (κ3) is 1.55. The van der Waals surface area contributed by atoms with Crippen molar-refractivity contribution in [2.45, 2.75) is 27.3 Å². The molecule has 0 bridgehead atoms. The molecule has 1 aromatic rings. The lowest BCUT2D eigenvalue weighted by molar-refractivity contribution is 0.216. The van der Waals surface area contributed by atoms with E-state index in [-0.39, 0.29) is 0 Å². The van der Waals surface area contributed by atoms with Crippen LogP contribution in [0.25, 0.3) is 0 Å². The van der Waals surface area contributed by atoms with Crippen molar-refractivity contribution in [2.24, 2.45) is 11.3 Å². The van der Waals surface area contributed by atoms with Crippen LogP contribution in [0.15, 0.2) is 12.4 Å². The van der Waals surface area contributed by atoms with Crippen LogP contribution in [0.5, 0.6) is 0 Å². The van der Waals surface area contributed by atoms with Crippen molar-refractivity contribution in [1.82, 2.24) is 9.55 Å². The highest BCUT2D eigenvalue weighted by molar-refractivity contribution is 5.28. The van der Waals surface area contributed by atoms with Crippen molar-refractivity contribution < 1.29 is 0 Å². The highest BCUT2D eigenvalue weighted by Crippen LogP contribution is 2.30. The van der Waals surface area contributed by atoms with Gasteiger partial charge in [0.15, 0.2) is 0 Å². The summed E-state index contributed by atoms with van der Waals surface area (Å²) >= 11 is 0. The van der Waals surface area contributed by atoms with Crippen LogP contribution >= 0.6 is 0 Å². The first-order valence-corrected chi connectivity index (χ1v) is 4.82. The Hall–Kier alpha value is -0.990. The maximum atomic E-state index is 4.23. The Morgan fingerprint density at radius 2 is 2.31 bits per heavy atom. The molecule has 0 fully saturated rings. The molecule has 0 aliphatic carbocycles. The Balaban J connectivity index is 2.18. The first kappa shape index (κ1) is 8.60. The minimum atomic E-state index is 0.370. The Morgan fingerprint density at radius 3 is 3.00 bits per heavy atom. The maximum Gasteiger partial charge on any atom is 0.202 e. The van der Waals surface area contributed by atoms with Gasteiger partial charge in [-0.15, -0.1) is 0 Å². The monoisotopic (exact) mass is 179 g/mol. The number of hydrogen-bond acceptors (Lipinski definition) is 2. The summed E-state index contributed by atoms with van der Waals surface area (Å²) < 4.78 is 2.19. The molecule has 72 valence electrons. The molecule has 1 aliphatic heterocycles. The van der Waals surface area contributed by atoms with Crippen LogP contribution in [0.4, 0.5) is 5.95 Å². The number of rotatable bonds is 0. The van der Waals surface area contributed by atoms with Gasteiger partial charge in [0.05, 0.1) is 0 Å². The zero-order valence-corrected chi connectivity index (χ0v) is 8.54. The van der Waals surface area contributed by atoms with Gasteiger partial charge in [-0.25, -0.2) is 4.98 Å². The van der Waals surface area contributed by atoms with Crippen LogP contribution in [0.3, 0.4) is 0 Å². The van der Waals surface area contributed by atoms with Gasteiger partial charge in [0.2, 0.25) is 5.95 Å². The van der Waals surface area contributed by atoms with Gasteiger partial charge >= 0.3 is 0 Å². The lowest BCUT2D eigenvalue weighted by Crippen LogP contribution is -2.35. The normalized spacial score (nSPS) is 22.2.